The Morgan fingerprint density at radius 2 is 2.35 bits per heavy atom. The molecule has 0 spiro atoms. The number of carbonyl (C=O) groups is 1. The van der Waals surface area contributed by atoms with Crippen LogP contribution in [0.2, 0.25) is 0 Å². The summed E-state index contributed by atoms with van der Waals surface area (Å²) in [4.78, 5) is 11.4. The van der Waals surface area contributed by atoms with E-state index in [-0.39, 0.29) is 11.9 Å². The fourth-order valence-electron chi connectivity index (χ4n) is 2.07. The minimum absolute atomic E-state index is 0.0460. The molecule has 3 heteroatoms. The van der Waals surface area contributed by atoms with Gasteiger partial charge in [0.25, 0.3) is 0 Å². The zero-order valence-corrected chi connectivity index (χ0v) is 11.1. The average molecular weight is 239 g/mol. The van der Waals surface area contributed by atoms with E-state index in [4.69, 9.17) is 4.74 Å². The summed E-state index contributed by atoms with van der Waals surface area (Å²) >= 11 is 0. The second-order valence-electron chi connectivity index (χ2n) is 4.72. The van der Waals surface area contributed by atoms with Crippen molar-refractivity contribution in [1.29, 1.82) is 0 Å². The van der Waals surface area contributed by atoms with Crippen molar-refractivity contribution in [3.05, 3.63) is 11.6 Å². The van der Waals surface area contributed by atoms with Crippen LogP contribution < -0.4 is 5.32 Å². The van der Waals surface area contributed by atoms with Crippen molar-refractivity contribution in [2.24, 2.45) is 5.92 Å². The zero-order valence-electron chi connectivity index (χ0n) is 11.1. The van der Waals surface area contributed by atoms with Crippen LogP contribution in [0.4, 0.5) is 0 Å². The van der Waals surface area contributed by atoms with Crippen molar-refractivity contribution in [1.82, 2.24) is 5.32 Å². The lowest BCUT2D eigenvalue weighted by Crippen LogP contribution is -2.28. The summed E-state index contributed by atoms with van der Waals surface area (Å²) in [5.41, 5.74) is 1.58. The molecule has 1 unspecified atom stereocenters. The van der Waals surface area contributed by atoms with Gasteiger partial charge in [-0.25, -0.2) is 0 Å². The molecule has 0 aromatic carbocycles. The first-order chi connectivity index (χ1) is 8.24. The number of hydrogen-bond donors (Lipinski definition) is 1. The molecule has 0 amide bonds. The van der Waals surface area contributed by atoms with E-state index in [1.54, 1.807) is 5.57 Å². The summed E-state index contributed by atoms with van der Waals surface area (Å²) in [6.07, 6.45) is 8.68. The van der Waals surface area contributed by atoms with Crippen LogP contribution in [0, 0.1) is 5.92 Å². The lowest BCUT2D eigenvalue weighted by molar-refractivity contribution is -0.147. The highest BCUT2D eigenvalue weighted by molar-refractivity contribution is 5.72. The fourth-order valence-corrected chi connectivity index (χ4v) is 2.07. The molecule has 1 aliphatic rings. The summed E-state index contributed by atoms with van der Waals surface area (Å²) in [5.74, 6) is -0.146. The maximum absolute atomic E-state index is 11.4. The number of hydrogen-bond acceptors (Lipinski definition) is 3. The molecule has 0 aliphatic heterocycles. The molecule has 1 rings (SSSR count). The van der Waals surface area contributed by atoms with Gasteiger partial charge in [-0.1, -0.05) is 18.6 Å². The molecule has 3 nitrogen and oxygen atoms in total. The topological polar surface area (TPSA) is 38.3 Å². The third-order valence-electron chi connectivity index (χ3n) is 3.15. The smallest absolute Gasteiger partial charge is 0.309 e. The first-order valence-electron chi connectivity index (χ1n) is 6.79. The molecule has 98 valence electrons. The van der Waals surface area contributed by atoms with Gasteiger partial charge in [-0.15, -0.1) is 0 Å². The van der Waals surface area contributed by atoms with Gasteiger partial charge < -0.3 is 10.1 Å². The molecule has 0 radical (unpaired) electrons. The van der Waals surface area contributed by atoms with Gasteiger partial charge in [0.2, 0.25) is 0 Å². The van der Waals surface area contributed by atoms with E-state index in [0.717, 1.165) is 13.0 Å². The van der Waals surface area contributed by atoms with Crippen molar-refractivity contribution in [3.8, 4) is 0 Å². The Bertz CT molecular complexity index is 261. The Balaban J connectivity index is 2.07. The normalized spacial score (nSPS) is 17.4. The van der Waals surface area contributed by atoms with Gasteiger partial charge in [0.15, 0.2) is 0 Å². The van der Waals surface area contributed by atoms with E-state index in [0.29, 0.717) is 13.2 Å². The van der Waals surface area contributed by atoms with Gasteiger partial charge in [0.05, 0.1) is 12.5 Å². The van der Waals surface area contributed by atoms with Crippen molar-refractivity contribution in [2.75, 3.05) is 19.7 Å². The number of nitrogens with one attached hydrogen (secondary N) is 1. The maximum atomic E-state index is 11.4. The molecule has 1 N–H and O–H groups in total. The molecule has 17 heavy (non-hydrogen) atoms. The van der Waals surface area contributed by atoms with Crippen LogP contribution in [-0.2, 0) is 9.53 Å². The van der Waals surface area contributed by atoms with Crippen molar-refractivity contribution >= 4 is 5.97 Å². The van der Waals surface area contributed by atoms with E-state index < -0.39 is 0 Å². The third kappa shape index (κ3) is 5.87. The molecule has 1 aliphatic carbocycles. The minimum Gasteiger partial charge on any atom is -0.466 e. The summed E-state index contributed by atoms with van der Waals surface area (Å²) in [5, 5.41) is 3.33. The van der Waals surface area contributed by atoms with Crippen LogP contribution in [0.5, 0.6) is 0 Å². The maximum Gasteiger partial charge on any atom is 0.309 e. The molecule has 0 heterocycles. The van der Waals surface area contributed by atoms with E-state index >= 15 is 0 Å². The van der Waals surface area contributed by atoms with Crippen LogP contribution in [0.15, 0.2) is 11.6 Å². The highest BCUT2D eigenvalue weighted by Crippen LogP contribution is 2.19. The lowest BCUT2D eigenvalue weighted by Gasteiger charge is -2.14. The van der Waals surface area contributed by atoms with Gasteiger partial charge in [0, 0.05) is 6.54 Å². The Kier molecular flexibility index (Phi) is 6.94. The standard InChI is InChI=1S/C14H25NO2/c1-3-17-14(16)12(2)11-15-10-9-13-7-5-4-6-8-13/h7,12,15H,3-6,8-11H2,1-2H3. The van der Waals surface area contributed by atoms with Crippen LogP contribution in [-0.4, -0.2) is 25.7 Å². The molecule has 0 aromatic rings. The molecule has 0 saturated heterocycles. The fraction of sp³-hybridized carbons (Fsp3) is 0.786. The van der Waals surface area contributed by atoms with Crippen molar-refractivity contribution < 1.29 is 9.53 Å². The monoisotopic (exact) mass is 239 g/mol. The Morgan fingerprint density at radius 1 is 1.53 bits per heavy atom. The average Bonchev–Trinajstić information content (AvgIpc) is 2.36. The molecule has 0 fully saturated rings. The van der Waals surface area contributed by atoms with E-state index in [2.05, 4.69) is 11.4 Å². The van der Waals surface area contributed by atoms with Crippen molar-refractivity contribution in [3.63, 3.8) is 0 Å². The molecular weight excluding hydrogens is 214 g/mol. The SMILES string of the molecule is CCOC(=O)C(C)CNCCC1=CCCCC1. The number of carbonyl (C=O) groups excluding carboxylic acids is 1. The summed E-state index contributed by atoms with van der Waals surface area (Å²) in [6, 6.07) is 0. The van der Waals surface area contributed by atoms with E-state index in [1.165, 1.54) is 25.7 Å². The van der Waals surface area contributed by atoms with Crippen LogP contribution in [0.1, 0.15) is 46.0 Å². The van der Waals surface area contributed by atoms with Gasteiger partial charge in [-0.05, 0) is 45.6 Å². The van der Waals surface area contributed by atoms with Gasteiger partial charge in [-0.3, -0.25) is 4.79 Å². The molecule has 1 atom stereocenters. The quantitative estimate of drug-likeness (QED) is 0.422. The largest absolute Gasteiger partial charge is 0.466 e. The summed E-state index contributed by atoms with van der Waals surface area (Å²) in [7, 11) is 0. The zero-order chi connectivity index (χ0) is 12.5. The Morgan fingerprint density at radius 3 is 3.00 bits per heavy atom. The Labute approximate surface area is 105 Å². The molecule has 0 aromatic heterocycles. The van der Waals surface area contributed by atoms with Gasteiger partial charge >= 0.3 is 5.97 Å². The van der Waals surface area contributed by atoms with E-state index in [9.17, 15) is 4.79 Å². The predicted octanol–water partition coefficient (Wildman–Crippen LogP) is 2.67. The highest BCUT2D eigenvalue weighted by atomic mass is 16.5. The molecule has 0 saturated carbocycles. The third-order valence-corrected chi connectivity index (χ3v) is 3.15. The van der Waals surface area contributed by atoms with Crippen LogP contribution in [0.3, 0.4) is 0 Å². The minimum atomic E-state index is -0.100. The lowest BCUT2D eigenvalue weighted by atomic mass is 9.97. The Hall–Kier alpha value is -0.830. The van der Waals surface area contributed by atoms with Crippen LogP contribution >= 0.6 is 0 Å². The number of esters is 1. The first kappa shape index (κ1) is 14.2. The second kappa shape index (κ2) is 8.29. The summed E-state index contributed by atoms with van der Waals surface area (Å²) < 4.78 is 4.96. The van der Waals surface area contributed by atoms with Gasteiger partial charge in [0.1, 0.15) is 0 Å². The summed E-state index contributed by atoms with van der Waals surface area (Å²) in [6.45, 7) is 5.90. The predicted molar refractivity (Wildman–Crippen MR) is 69.8 cm³/mol. The number of allylic oxidation sites excluding steroid dienone is 1. The second-order valence-corrected chi connectivity index (χ2v) is 4.72. The van der Waals surface area contributed by atoms with Crippen molar-refractivity contribution in [2.45, 2.75) is 46.0 Å². The number of ether oxygens (including phenoxy) is 1. The molecule has 0 bridgehead atoms. The highest BCUT2D eigenvalue weighted by Gasteiger charge is 2.12. The van der Waals surface area contributed by atoms with E-state index in [1.807, 2.05) is 13.8 Å². The van der Waals surface area contributed by atoms with Crippen LogP contribution in [0.25, 0.3) is 0 Å². The first-order valence-corrected chi connectivity index (χ1v) is 6.79. The van der Waals surface area contributed by atoms with Gasteiger partial charge in [-0.2, -0.15) is 0 Å². The molecular formula is C14H25NO2. The number of rotatable bonds is 7.